The van der Waals surface area contributed by atoms with Crippen molar-refractivity contribution in [2.24, 2.45) is 0 Å². The molecule has 0 saturated carbocycles. The van der Waals surface area contributed by atoms with Crippen molar-refractivity contribution in [3.8, 4) is 0 Å². The highest BCUT2D eigenvalue weighted by molar-refractivity contribution is 6.08. The summed E-state index contributed by atoms with van der Waals surface area (Å²) >= 11 is 0. The third-order valence-corrected chi connectivity index (χ3v) is 4.38. The molecule has 31 heavy (non-hydrogen) atoms. The van der Waals surface area contributed by atoms with Crippen LogP contribution in [0.4, 0.5) is 30.5 Å². The minimum atomic E-state index is -4.56. The van der Waals surface area contributed by atoms with Crippen LogP contribution in [0.25, 0.3) is 0 Å². The van der Waals surface area contributed by atoms with Gasteiger partial charge in [-0.2, -0.15) is 13.2 Å². The summed E-state index contributed by atoms with van der Waals surface area (Å²) in [6.07, 6.45) is -1.31. The third kappa shape index (κ3) is 5.35. The van der Waals surface area contributed by atoms with Crippen molar-refractivity contribution in [3.05, 3.63) is 77.1 Å². The molecule has 2 amide bonds. The normalized spacial score (nSPS) is 11.1. The van der Waals surface area contributed by atoms with E-state index in [9.17, 15) is 22.8 Å². The van der Waals surface area contributed by atoms with E-state index in [1.165, 1.54) is 24.5 Å². The van der Waals surface area contributed by atoms with Gasteiger partial charge in [0, 0.05) is 16.8 Å². The molecule has 0 aliphatic carbocycles. The molecule has 4 N–H and O–H groups in total. The van der Waals surface area contributed by atoms with E-state index >= 15 is 0 Å². The van der Waals surface area contributed by atoms with Crippen molar-refractivity contribution in [2.45, 2.75) is 19.5 Å². The van der Waals surface area contributed by atoms with Crippen molar-refractivity contribution in [2.75, 3.05) is 16.4 Å². The second-order valence-electron chi connectivity index (χ2n) is 6.54. The van der Waals surface area contributed by atoms with Crippen molar-refractivity contribution < 1.29 is 22.8 Å². The summed E-state index contributed by atoms with van der Waals surface area (Å²) in [5.41, 5.74) is 5.95. The van der Waals surface area contributed by atoms with Gasteiger partial charge in [0.05, 0.1) is 23.6 Å². The average molecular weight is 429 g/mol. The first-order chi connectivity index (χ1) is 14.7. The van der Waals surface area contributed by atoms with E-state index in [1.54, 1.807) is 12.1 Å². The number of hydrogen-bond donors (Lipinski definition) is 3. The number of alkyl halides is 3. The molecule has 1 aromatic heterocycles. The highest BCUT2D eigenvalue weighted by Crippen LogP contribution is 2.29. The summed E-state index contributed by atoms with van der Waals surface area (Å²) in [5, 5.41) is 5.17. The highest BCUT2D eigenvalue weighted by atomic mass is 19.4. The number of rotatable bonds is 5. The number of benzene rings is 2. The van der Waals surface area contributed by atoms with Crippen LogP contribution in [-0.4, -0.2) is 21.8 Å². The predicted octanol–water partition coefficient (Wildman–Crippen LogP) is 4.14. The number of nitrogens with two attached hydrogens (primary N) is 1. The number of hydrogen-bond acceptors (Lipinski definition) is 5. The maximum absolute atomic E-state index is 12.9. The summed E-state index contributed by atoms with van der Waals surface area (Å²) in [4.78, 5) is 32.7. The molecule has 0 unspecified atom stereocenters. The van der Waals surface area contributed by atoms with E-state index in [0.717, 1.165) is 18.2 Å². The minimum Gasteiger partial charge on any atom is -0.368 e. The van der Waals surface area contributed by atoms with Crippen molar-refractivity contribution in [3.63, 3.8) is 0 Å². The molecule has 3 rings (SSSR count). The number of nitrogen functional groups attached to an aromatic ring is 1. The number of aromatic nitrogens is 2. The van der Waals surface area contributed by atoms with E-state index in [0.29, 0.717) is 23.2 Å². The van der Waals surface area contributed by atoms with E-state index in [2.05, 4.69) is 20.6 Å². The molecule has 3 aromatic rings. The molecule has 0 radical (unpaired) electrons. The summed E-state index contributed by atoms with van der Waals surface area (Å²) < 4.78 is 38.7. The van der Waals surface area contributed by atoms with Gasteiger partial charge in [0.15, 0.2) is 0 Å². The van der Waals surface area contributed by atoms with Crippen LogP contribution in [-0.2, 0) is 12.6 Å². The zero-order valence-electron chi connectivity index (χ0n) is 16.3. The first-order valence-corrected chi connectivity index (χ1v) is 9.17. The van der Waals surface area contributed by atoms with Gasteiger partial charge in [0.1, 0.15) is 0 Å². The molecule has 10 heteroatoms. The molecule has 7 nitrogen and oxygen atoms in total. The first-order valence-electron chi connectivity index (χ1n) is 9.17. The van der Waals surface area contributed by atoms with Gasteiger partial charge < -0.3 is 16.4 Å². The van der Waals surface area contributed by atoms with E-state index in [-0.39, 0.29) is 17.2 Å². The first kappa shape index (κ1) is 21.8. The largest absolute Gasteiger partial charge is 0.416 e. The van der Waals surface area contributed by atoms with E-state index < -0.39 is 23.6 Å². The van der Waals surface area contributed by atoms with Crippen LogP contribution in [0.3, 0.4) is 0 Å². The van der Waals surface area contributed by atoms with E-state index in [1.807, 2.05) is 6.92 Å². The van der Waals surface area contributed by atoms with Crippen molar-refractivity contribution in [1.82, 2.24) is 9.97 Å². The zero-order chi connectivity index (χ0) is 22.6. The molecule has 160 valence electrons. The van der Waals surface area contributed by atoms with Gasteiger partial charge >= 0.3 is 6.18 Å². The van der Waals surface area contributed by atoms with Crippen LogP contribution in [0.5, 0.6) is 0 Å². The summed E-state index contributed by atoms with van der Waals surface area (Å²) in [6.45, 7) is 1.86. The molecule has 0 atom stereocenters. The van der Waals surface area contributed by atoms with Crippen LogP contribution in [0.15, 0.2) is 54.9 Å². The summed E-state index contributed by atoms with van der Waals surface area (Å²) in [5.74, 6) is -1.12. The molecule has 0 aliphatic heterocycles. The molecule has 0 bridgehead atoms. The monoisotopic (exact) mass is 429 g/mol. The Balaban J connectivity index is 1.82. The van der Waals surface area contributed by atoms with Crippen LogP contribution >= 0.6 is 0 Å². The fraction of sp³-hybridized carbons (Fsp3) is 0.143. The Morgan fingerprint density at radius 3 is 2.29 bits per heavy atom. The Morgan fingerprint density at radius 1 is 0.968 bits per heavy atom. The second-order valence-corrected chi connectivity index (χ2v) is 6.54. The lowest BCUT2D eigenvalue weighted by atomic mass is 10.0. The van der Waals surface area contributed by atoms with Gasteiger partial charge in [-0.3, -0.25) is 9.59 Å². The number of halogens is 3. The quantitative estimate of drug-likeness (QED) is 0.565. The number of carbonyl (C=O) groups excluding carboxylic acids is 2. The predicted molar refractivity (Wildman–Crippen MR) is 110 cm³/mol. The molecule has 2 aromatic carbocycles. The lowest BCUT2D eigenvalue weighted by Gasteiger charge is -2.13. The molecular weight excluding hydrogens is 411 g/mol. The van der Waals surface area contributed by atoms with Crippen molar-refractivity contribution >= 4 is 29.1 Å². The van der Waals surface area contributed by atoms with Gasteiger partial charge in [-0.15, -0.1) is 0 Å². The number of nitrogens with zero attached hydrogens (tertiary/aromatic N) is 2. The topological polar surface area (TPSA) is 110 Å². The fourth-order valence-electron chi connectivity index (χ4n) is 2.81. The Bertz CT molecular complexity index is 1110. The number of aryl methyl sites for hydroxylation is 1. The summed E-state index contributed by atoms with van der Waals surface area (Å²) in [6, 6.07) is 8.78. The molecular formula is C21H18F3N5O2. The fourth-order valence-corrected chi connectivity index (χ4v) is 2.81. The van der Waals surface area contributed by atoms with Gasteiger partial charge in [-0.05, 0) is 42.3 Å². The van der Waals surface area contributed by atoms with E-state index in [4.69, 9.17) is 5.73 Å². The highest BCUT2D eigenvalue weighted by Gasteiger charge is 2.30. The SMILES string of the molecule is CCc1ccc(NC(=O)c2cccc(C(F)(F)F)c2)cc1C(=O)Nc1cnc(N)nc1. The maximum atomic E-state index is 12.9. The van der Waals surface area contributed by atoms with Gasteiger partial charge in [0.25, 0.3) is 11.8 Å². The van der Waals surface area contributed by atoms with Crippen molar-refractivity contribution in [1.29, 1.82) is 0 Å². The Kier molecular flexibility index (Phi) is 6.19. The number of carbonyl (C=O) groups is 2. The molecule has 0 aliphatic rings. The van der Waals surface area contributed by atoms with Gasteiger partial charge in [-0.25, -0.2) is 9.97 Å². The molecule has 1 heterocycles. The maximum Gasteiger partial charge on any atom is 0.416 e. The van der Waals surface area contributed by atoms with Gasteiger partial charge in [-0.1, -0.05) is 19.1 Å². The Labute approximate surface area is 175 Å². The van der Waals surface area contributed by atoms with Crippen LogP contribution < -0.4 is 16.4 Å². The van der Waals surface area contributed by atoms with Crippen LogP contribution in [0.2, 0.25) is 0 Å². The lowest BCUT2D eigenvalue weighted by molar-refractivity contribution is -0.137. The second kappa shape index (κ2) is 8.82. The molecule has 0 spiro atoms. The van der Waals surface area contributed by atoms with Crippen LogP contribution in [0, 0.1) is 0 Å². The number of nitrogens with one attached hydrogen (secondary N) is 2. The Morgan fingerprint density at radius 2 is 1.65 bits per heavy atom. The molecule has 0 saturated heterocycles. The molecule has 0 fully saturated rings. The van der Waals surface area contributed by atoms with Crippen LogP contribution in [0.1, 0.15) is 38.8 Å². The summed E-state index contributed by atoms with van der Waals surface area (Å²) in [7, 11) is 0. The minimum absolute atomic E-state index is 0.0616. The number of anilines is 3. The third-order valence-electron chi connectivity index (χ3n) is 4.38. The number of amides is 2. The zero-order valence-corrected chi connectivity index (χ0v) is 16.3. The Hall–Kier alpha value is -3.95. The standard InChI is InChI=1S/C21H18F3N5O2/c1-2-12-6-7-15(9-17(12)19(31)29-16-10-26-20(25)27-11-16)28-18(30)13-4-3-5-14(8-13)21(22,23)24/h3-11H,2H2,1H3,(H,28,30)(H,29,31)(H2,25,26,27). The lowest BCUT2D eigenvalue weighted by Crippen LogP contribution is -2.17. The van der Waals surface area contributed by atoms with Gasteiger partial charge in [0.2, 0.25) is 5.95 Å². The smallest absolute Gasteiger partial charge is 0.368 e. The average Bonchev–Trinajstić information content (AvgIpc) is 2.74.